The zero-order valence-corrected chi connectivity index (χ0v) is 11.2. The molecule has 0 aromatic carbocycles. The maximum absolute atomic E-state index is 5.97. The smallest absolute Gasteiger partial charge is 0.127 e. The second-order valence-corrected chi connectivity index (χ2v) is 6.12. The van der Waals surface area contributed by atoms with Crippen LogP contribution in [0.15, 0.2) is 17.3 Å². The van der Waals surface area contributed by atoms with Crippen molar-refractivity contribution in [1.29, 1.82) is 0 Å². The summed E-state index contributed by atoms with van der Waals surface area (Å²) in [6.07, 6.45) is 6.84. The molecule has 0 N–H and O–H groups in total. The third-order valence-corrected chi connectivity index (χ3v) is 3.32. The Morgan fingerprint density at radius 3 is 2.56 bits per heavy atom. The molecule has 1 saturated carbocycles. The fraction of sp³-hybridized carbons (Fsp3) is 0.615. The first-order valence-electron chi connectivity index (χ1n) is 5.72. The Kier molecular flexibility index (Phi) is 3.15. The van der Waals surface area contributed by atoms with Crippen molar-refractivity contribution < 1.29 is 4.74 Å². The van der Waals surface area contributed by atoms with Crippen molar-refractivity contribution in [3.8, 4) is 5.75 Å². The van der Waals surface area contributed by atoms with Crippen LogP contribution in [0.4, 0.5) is 0 Å². The lowest BCUT2D eigenvalue weighted by atomic mass is 9.87. The maximum atomic E-state index is 5.97. The van der Waals surface area contributed by atoms with Gasteiger partial charge in [-0.1, -0.05) is 20.8 Å². The zero-order chi connectivity index (χ0) is 11.8. The third-order valence-electron chi connectivity index (χ3n) is 2.68. The summed E-state index contributed by atoms with van der Waals surface area (Å²) in [5.74, 6) is 1.02. The fourth-order valence-corrected chi connectivity index (χ4v) is 1.94. The van der Waals surface area contributed by atoms with Crippen LogP contribution in [-0.4, -0.2) is 17.3 Å². The summed E-state index contributed by atoms with van der Waals surface area (Å²) in [6.45, 7) is 6.59. The van der Waals surface area contributed by atoms with Gasteiger partial charge < -0.3 is 4.74 Å². The summed E-state index contributed by atoms with van der Waals surface area (Å²) in [4.78, 5) is 4.43. The Bertz CT molecular complexity index is 380. The molecule has 0 saturated heterocycles. The minimum absolute atomic E-state index is 0.0914. The van der Waals surface area contributed by atoms with E-state index in [1.165, 1.54) is 18.4 Å². The van der Waals surface area contributed by atoms with E-state index in [4.69, 9.17) is 4.74 Å². The highest BCUT2D eigenvalue weighted by molar-refractivity contribution is 7.98. The van der Waals surface area contributed by atoms with Gasteiger partial charge in [-0.25, -0.2) is 4.98 Å². The van der Waals surface area contributed by atoms with Crippen molar-refractivity contribution in [2.75, 3.05) is 6.26 Å². The Balaban J connectivity index is 2.33. The predicted octanol–water partition coefficient (Wildman–Crippen LogP) is 3.64. The van der Waals surface area contributed by atoms with Crippen LogP contribution in [0.3, 0.4) is 0 Å². The second kappa shape index (κ2) is 4.28. The molecule has 1 aromatic heterocycles. The molecule has 1 aliphatic rings. The maximum Gasteiger partial charge on any atom is 0.127 e. The van der Waals surface area contributed by atoms with Crippen molar-refractivity contribution in [3.05, 3.63) is 17.8 Å². The monoisotopic (exact) mass is 237 g/mol. The van der Waals surface area contributed by atoms with E-state index in [0.717, 1.165) is 10.8 Å². The van der Waals surface area contributed by atoms with E-state index in [-0.39, 0.29) is 5.41 Å². The van der Waals surface area contributed by atoms with Gasteiger partial charge in [-0.15, -0.1) is 11.8 Å². The summed E-state index contributed by atoms with van der Waals surface area (Å²) in [5, 5.41) is 1.03. The highest BCUT2D eigenvalue weighted by Crippen LogP contribution is 2.36. The van der Waals surface area contributed by atoms with Gasteiger partial charge in [0.25, 0.3) is 0 Å². The van der Waals surface area contributed by atoms with Gasteiger partial charge in [0.05, 0.1) is 11.1 Å². The van der Waals surface area contributed by atoms with Gasteiger partial charge in [0, 0.05) is 17.8 Å². The first kappa shape index (κ1) is 11.8. The van der Waals surface area contributed by atoms with Crippen LogP contribution in [0.25, 0.3) is 0 Å². The van der Waals surface area contributed by atoms with Crippen molar-refractivity contribution in [2.45, 2.75) is 50.2 Å². The molecule has 3 heteroatoms. The van der Waals surface area contributed by atoms with Crippen molar-refractivity contribution in [1.82, 2.24) is 4.98 Å². The van der Waals surface area contributed by atoms with Gasteiger partial charge >= 0.3 is 0 Å². The molecule has 0 aliphatic heterocycles. The van der Waals surface area contributed by atoms with Crippen molar-refractivity contribution >= 4 is 11.8 Å². The summed E-state index contributed by atoms with van der Waals surface area (Å²) < 4.78 is 5.97. The quantitative estimate of drug-likeness (QED) is 0.749. The fourth-order valence-electron chi connectivity index (χ4n) is 1.56. The first-order valence-corrected chi connectivity index (χ1v) is 6.94. The van der Waals surface area contributed by atoms with Crippen LogP contribution in [0.5, 0.6) is 5.75 Å². The van der Waals surface area contributed by atoms with E-state index < -0.39 is 0 Å². The van der Waals surface area contributed by atoms with Crippen LogP contribution in [-0.2, 0) is 5.41 Å². The predicted molar refractivity (Wildman–Crippen MR) is 68.4 cm³/mol. The van der Waals surface area contributed by atoms with E-state index in [1.54, 1.807) is 11.8 Å². The Morgan fingerprint density at radius 1 is 1.38 bits per heavy atom. The van der Waals surface area contributed by atoms with Crippen molar-refractivity contribution in [3.63, 3.8) is 0 Å². The molecule has 1 aliphatic carbocycles. The van der Waals surface area contributed by atoms with Crippen LogP contribution >= 0.6 is 11.8 Å². The molecular formula is C13H19NOS. The molecule has 1 aromatic rings. The summed E-state index contributed by atoms with van der Waals surface area (Å²) in [7, 11) is 0. The van der Waals surface area contributed by atoms with Gasteiger partial charge in [0.1, 0.15) is 5.75 Å². The van der Waals surface area contributed by atoms with Gasteiger partial charge in [-0.2, -0.15) is 0 Å². The van der Waals surface area contributed by atoms with Gasteiger partial charge in [0.2, 0.25) is 0 Å². The molecule has 0 amide bonds. The molecule has 0 unspecified atom stereocenters. The Morgan fingerprint density at radius 2 is 2.06 bits per heavy atom. The minimum Gasteiger partial charge on any atom is -0.490 e. The minimum atomic E-state index is 0.0914. The van der Waals surface area contributed by atoms with Gasteiger partial charge in [-0.05, 0) is 24.5 Å². The molecule has 1 heterocycles. The van der Waals surface area contributed by atoms with Gasteiger partial charge in [0.15, 0.2) is 0 Å². The van der Waals surface area contributed by atoms with Crippen LogP contribution in [0.2, 0.25) is 0 Å². The standard InChI is InChI=1S/C13H19NOS/c1-13(2,3)10-8-14-12(16-4)7-11(10)15-9-5-6-9/h7-9H,5-6H2,1-4H3. The first-order chi connectivity index (χ1) is 7.50. The van der Waals surface area contributed by atoms with Gasteiger partial charge in [-0.3, -0.25) is 0 Å². The number of ether oxygens (including phenoxy) is 1. The molecule has 0 radical (unpaired) electrons. The molecule has 88 valence electrons. The van der Waals surface area contributed by atoms with Crippen LogP contribution < -0.4 is 4.74 Å². The van der Waals surface area contributed by atoms with E-state index in [1.807, 2.05) is 12.5 Å². The number of aromatic nitrogens is 1. The average molecular weight is 237 g/mol. The zero-order valence-electron chi connectivity index (χ0n) is 10.4. The SMILES string of the molecule is CSc1cc(OC2CC2)c(C(C)(C)C)cn1. The Labute approximate surface area is 102 Å². The highest BCUT2D eigenvalue weighted by atomic mass is 32.2. The molecule has 0 atom stereocenters. The topological polar surface area (TPSA) is 22.1 Å². The third kappa shape index (κ3) is 2.70. The molecular weight excluding hydrogens is 218 g/mol. The molecule has 2 rings (SSSR count). The number of rotatable bonds is 3. The van der Waals surface area contributed by atoms with Crippen molar-refractivity contribution in [2.24, 2.45) is 0 Å². The summed E-state index contributed by atoms with van der Waals surface area (Å²) in [6, 6.07) is 2.07. The normalized spacial score (nSPS) is 16.2. The van der Waals surface area contributed by atoms with E-state index in [2.05, 4.69) is 31.8 Å². The molecule has 16 heavy (non-hydrogen) atoms. The average Bonchev–Trinajstić information content (AvgIpc) is 3.00. The second-order valence-electron chi connectivity index (χ2n) is 5.29. The largest absolute Gasteiger partial charge is 0.490 e. The lowest BCUT2D eigenvalue weighted by molar-refractivity contribution is 0.293. The van der Waals surface area contributed by atoms with Crippen LogP contribution in [0, 0.1) is 0 Å². The molecule has 0 spiro atoms. The van der Waals surface area contributed by atoms with E-state index >= 15 is 0 Å². The highest BCUT2D eigenvalue weighted by Gasteiger charge is 2.27. The van der Waals surface area contributed by atoms with E-state index in [9.17, 15) is 0 Å². The molecule has 0 bridgehead atoms. The number of thioether (sulfide) groups is 1. The number of hydrogen-bond donors (Lipinski definition) is 0. The molecule has 1 fully saturated rings. The Hall–Kier alpha value is -0.700. The van der Waals surface area contributed by atoms with E-state index in [0.29, 0.717) is 6.10 Å². The number of hydrogen-bond acceptors (Lipinski definition) is 3. The number of pyridine rings is 1. The lowest BCUT2D eigenvalue weighted by Crippen LogP contribution is -2.14. The number of nitrogens with zero attached hydrogens (tertiary/aromatic N) is 1. The summed E-state index contributed by atoms with van der Waals surface area (Å²) in [5.41, 5.74) is 1.30. The summed E-state index contributed by atoms with van der Waals surface area (Å²) >= 11 is 1.66. The van der Waals surface area contributed by atoms with Crippen LogP contribution in [0.1, 0.15) is 39.2 Å². The molecule has 2 nitrogen and oxygen atoms in total. The lowest BCUT2D eigenvalue weighted by Gasteiger charge is -2.22.